The standard InChI is InChI=1S/C16H20Cl2N2/c1-10-4-3-5-14(11(10)2)20-15-7-6-12(18)8-13(15)19-16(20)9-17/h6-8,10-11,14H,3-5,9H2,1-2H3. The van der Waals surface area contributed by atoms with Crippen molar-refractivity contribution in [3.8, 4) is 0 Å². The minimum atomic E-state index is 0.448. The Bertz CT molecular complexity index is 620. The van der Waals surface area contributed by atoms with Crippen LogP contribution < -0.4 is 0 Å². The molecule has 20 heavy (non-hydrogen) atoms. The lowest BCUT2D eigenvalue weighted by molar-refractivity contribution is 0.187. The number of imidazole rings is 1. The van der Waals surface area contributed by atoms with E-state index in [2.05, 4.69) is 29.5 Å². The summed E-state index contributed by atoms with van der Waals surface area (Å²) >= 11 is 12.2. The van der Waals surface area contributed by atoms with Gasteiger partial charge in [-0.25, -0.2) is 4.98 Å². The molecule has 3 atom stereocenters. The van der Waals surface area contributed by atoms with Crippen LogP contribution in [0.1, 0.15) is 45.0 Å². The average molecular weight is 311 g/mol. The molecule has 1 aliphatic carbocycles. The second-order valence-corrected chi connectivity index (χ2v) is 6.70. The van der Waals surface area contributed by atoms with Gasteiger partial charge >= 0.3 is 0 Å². The van der Waals surface area contributed by atoms with Crippen LogP contribution in [0, 0.1) is 11.8 Å². The molecule has 3 unspecified atom stereocenters. The van der Waals surface area contributed by atoms with Gasteiger partial charge in [-0.15, -0.1) is 11.6 Å². The fraction of sp³-hybridized carbons (Fsp3) is 0.562. The van der Waals surface area contributed by atoms with E-state index in [1.54, 1.807) is 0 Å². The molecule has 0 bridgehead atoms. The molecule has 0 spiro atoms. The third-order valence-corrected chi connectivity index (χ3v) is 5.31. The van der Waals surface area contributed by atoms with Crippen molar-refractivity contribution in [2.45, 2.75) is 45.0 Å². The minimum Gasteiger partial charge on any atom is -0.324 e. The molecule has 2 aromatic rings. The molecule has 108 valence electrons. The Balaban J connectivity index is 2.13. The van der Waals surface area contributed by atoms with E-state index >= 15 is 0 Å². The van der Waals surface area contributed by atoms with Crippen molar-refractivity contribution in [3.63, 3.8) is 0 Å². The Morgan fingerprint density at radius 3 is 2.85 bits per heavy atom. The van der Waals surface area contributed by atoms with Crippen molar-refractivity contribution in [1.82, 2.24) is 9.55 Å². The highest BCUT2D eigenvalue weighted by molar-refractivity contribution is 6.31. The van der Waals surface area contributed by atoms with Crippen molar-refractivity contribution >= 4 is 34.2 Å². The Hall–Kier alpha value is -0.730. The van der Waals surface area contributed by atoms with Gasteiger partial charge in [-0.2, -0.15) is 0 Å². The number of aromatic nitrogens is 2. The van der Waals surface area contributed by atoms with Crippen LogP contribution in [0.3, 0.4) is 0 Å². The summed E-state index contributed by atoms with van der Waals surface area (Å²) in [6.45, 7) is 4.71. The zero-order valence-electron chi connectivity index (χ0n) is 11.9. The van der Waals surface area contributed by atoms with Crippen LogP contribution in [-0.2, 0) is 5.88 Å². The van der Waals surface area contributed by atoms with Crippen molar-refractivity contribution in [1.29, 1.82) is 0 Å². The normalized spacial score (nSPS) is 27.1. The molecule has 2 nitrogen and oxygen atoms in total. The Kier molecular flexibility index (Phi) is 3.96. The SMILES string of the molecule is CC1CCCC(n2c(CCl)nc3cc(Cl)ccc32)C1C. The van der Waals surface area contributed by atoms with Gasteiger partial charge in [0.1, 0.15) is 5.82 Å². The van der Waals surface area contributed by atoms with Crippen LogP contribution in [0.4, 0.5) is 0 Å². The quantitative estimate of drug-likeness (QED) is 0.677. The number of rotatable bonds is 2. The summed E-state index contributed by atoms with van der Waals surface area (Å²) in [5.74, 6) is 2.82. The molecule has 0 aliphatic heterocycles. The first-order valence-electron chi connectivity index (χ1n) is 7.34. The second kappa shape index (κ2) is 5.57. The fourth-order valence-corrected chi connectivity index (χ4v) is 3.86. The third-order valence-electron chi connectivity index (χ3n) is 4.84. The smallest absolute Gasteiger partial charge is 0.125 e. The summed E-state index contributed by atoms with van der Waals surface area (Å²) in [6, 6.07) is 6.45. The fourth-order valence-electron chi connectivity index (χ4n) is 3.50. The van der Waals surface area contributed by atoms with Crippen LogP contribution in [-0.4, -0.2) is 9.55 Å². The Morgan fingerprint density at radius 1 is 1.30 bits per heavy atom. The van der Waals surface area contributed by atoms with Gasteiger partial charge in [0.15, 0.2) is 0 Å². The lowest BCUT2D eigenvalue weighted by atomic mass is 9.78. The summed E-state index contributed by atoms with van der Waals surface area (Å²) in [5.41, 5.74) is 2.12. The molecule has 0 saturated heterocycles. The summed E-state index contributed by atoms with van der Waals surface area (Å²) < 4.78 is 2.36. The predicted octanol–water partition coefficient (Wildman–Crippen LogP) is 5.43. The van der Waals surface area contributed by atoms with E-state index in [1.807, 2.05) is 12.1 Å². The highest BCUT2D eigenvalue weighted by atomic mass is 35.5. The number of benzene rings is 1. The number of halogens is 2. The molecular formula is C16H20Cl2N2. The van der Waals surface area contributed by atoms with Gasteiger partial charge in [-0.1, -0.05) is 38.3 Å². The van der Waals surface area contributed by atoms with Crippen LogP contribution in [0.25, 0.3) is 11.0 Å². The van der Waals surface area contributed by atoms with Crippen molar-refractivity contribution in [3.05, 3.63) is 29.0 Å². The lowest BCUT2D eigenvalue weighted by Gasteiger charge is -2.36. The largest absolute Gasteiger partial charge is 0.324 e. The molecule has 1 saturated carbocycles. The van der Waals surface area contributed by atoms with Gasteiger partial charge in [-0.05, 0) is 36.5 Å². The number of alkyl halides is 1. The third kappa shape index (κ3) is 2.33. The van der Waals surface area contributed by atoms with Crippen molar-refractivity contribution in [2.75, 3.05) is 0 Å². The lowest BCUT2D eigenvalue weighted by Crippen LogP contribution is -2.27. The maximum atomic E-state index is 6.13. The molecule has 0 N–H and O–H groups in total. The number of hydrogen-bond donors (Lipinski definition) is 0. The van der Waals surface area contributed by atoms with Gasteiger partial charge < -0.3 is 4.57 Å². The molecule has 1 heterocycles. The first-order valence-corrected chi connectivity index (χ1v) is 8.25. The van der Waals surface area contributed by atoms with E-state index < -0.39 is 0 Å². The van der Waals surface area contributed by atoms with E-state index in [1.165, 1.54) is 19.3 Å². The zero-order chi connectivity index (χ0) is 14.3. The van der Waals surface area contributed by atoms with Gasteiger partial charge in [0.2, 0.25) is 0 Å². The predicted molar refractivity (Wildman–Crippen MR) is 85.5 cm³/mol. The molecule has 4 heteroatoms. The second-order valence-electron chi connectivity index (χ2n) is 6.00. The molecule has 1 aromatic carbocycles. The summed E-state index contributed by atoms with van der Waals surface area (Å²) in [6.07, 6.45) is 3.82. The van der Waals surface area contributed by atoms with Crippen LogP contribution in [0.15, 0.2) is 18.2 Å². The summed E-state index contributed by atoms with van der Waals surface area (Å²) in [4.78, 5) is 4.67. The summed E-state index contributed by atoms with van der Waals surface area (Å²) in [7, 11) is 0. The zero-order valence-corrected chi connectivity index (χ0v) is 13.5. The molecule has 1 fully saturated rings. The van der Waals surface area contributed by atoms with Crippen molar-refractivity contribution in [2.24, 2.45) is 11.8 Å². The Morgan fingerprint density at radius 2 is 2.10 bits per heavy atom. The van der Waals surface area contributed by atoms with E-state index in [0.717, 1.165) is 27.8 Å². The molecule has 3 rings (SSSR count). The topological polar surface area (TPSA) is 17.8 Å². The maximum absolute atomic E-state index is 6.13. The first-order chi connectivity index (χ1) is 9.61. The molecular weight excluding hydrogens is 291 g/mol. The maximum Gasteiger partial charge on any atom is 0.125 e. The average Bonchev–Trinajstić information content (AvgIpc) is 2.79. The van der Waals surface area contributed by atoms with Crippen molar-refractivity contribution < 1.29 is 0 Å². The first kappa shape index (κ1) is 14.2. The van der Waals surface area contributed by atoms with E-state index in [9.17, 15) is 0 Å². The van der Waals surface area contributed by atoms with Gasteiger partial charge in [-0.3, -0.25) is 0 Å². The molecule has 1 aromatic heterocycles. The minimum absolute atomic E-state index is 0.448. The van der Waals surface area contributed by atoms with Crippen LogP contribution >= 0.6 is 23.2 Å². The van der Waals surface area contributed by atoms with E-state index in [-0.39, 0.29) is 0 Å². The highest BCUT2D eigenvalue weighted by Gasteiger charge is 2.30. The van der Waals surface area contributed by atoms with Gasteiger partial charge in [0, 0.05) is 11.1 Å². The number of nitrogens with zero attached hydrogens (tertiary/aromatic N) is 2. The van der Waals surface area contributed by atoms with Gasteiger partial charge in [0.25, 0.3) is 0 Å². The molecule has 0 radical (unpaired) electrons. The Labute approximate surface area is 130 Å². The highest BCUT2D eigenvalue weighted by Crippen LogP contribution is 2.40. The van der Waals surface area contributed by atoms with Crippen LogP contribution in [0.2, 0.25) is 5.02 Å². The van der Waals surface area contributed by atoms with Gasteiger partial charge in [0.05, 0.1) is 16.9 Å². The summed E-state index contributed by atoms with van der Waals surface area (Å²) in [5, 5.41) is 0.730. The molecule has 0 amide bonds. The van der Waals surface area contributed by atoms with Crippen LogP contribution in [0.5, 0.6) is 0 Å². The van der Waals surface area contributed by atoms with E-state index in [4.69, 9.17) is 23.2 Å². The van der Waals surface area contributed by atoms with E-state index in [0.29, 0.717) is 17.8 Å². The number of fused-ring (bicyclic) bond motifs is 1. The monoisotopic (exact) mass is 310 g/mol. The number of hydrogen-bond acceptors (Lipinski definition) is 1. The molecule has 1 aliphatic rings.